The van der Waals surface area contributed by atoms with Crippen LogP contribution in [0.2, 0.25) is 0 Å². The molecule has 434 valence electrons. The second kappa shape index (κ2) is 23.0. The molecule has 3 saturated carbocycles. The lowest BCUT2D eigenvalue weighted by molar-refractivity contribution is -0.379. The Morgan fingerprint density at radius 1 is 0.627 bits per heavy atom. The van der Waals surface area contributed by atoms with Gasteiger partial charge in [-0.15, -0.1) is 0 Å². The average Bonchev–Trinajstić information content (AvgIpc) is 3.64. The second-order valence-electron chi connectivity index (χ2n) is 25.6. The molecule has 21 nitrogen and oxygen atoms in total. The van der Waals surface area contributed by atoms with Crippen molar-refractivity contribution in [2.24, 2.45) is 45.3 Å². The van der Waals surface area contributed by atoms with Gasteiger partial charge < -0.3 is 104 Å². The van der Waals surface area contributed by atoms with Crippen LogP contribution in [0, 0.1) is 45.3 Å². The molecule has 0 aromatic carbocycles. The topological polar surface area (TPSA) is 337 Å². The fourth-order valence-corrected chi connectivity index (χ4v) is 15.5. The van der Waals surface area contributed by atoms with E-state index < -0.39 is 142 Å². The molecule has 0 bridgehead atoms. The van der Waals surface area contributed by atoms with E-state index in [9.17, 15) is 66.4 Å². The second-order valence-corrected chi connectivity index (χ2v) is 25.6. The van der Waals surface area contributed by atoms with Crippen LogP contribution < -0.4 is 0 Å². The maximum absolute atomic E-state index is 11.8. The molecule has 4 aliphatic carbocycles. The zero-order chi connectivity index (χ0) is 54.9. The first-order valence-electron chi connectivity index (χ1n) is 27.7. The predicted octanol–water partition coefficient (Wildman–Crippen LogP) is -0.144. The highest BCUT2D eigenvalue weighted by Crippen LogP contribution is 2.75. The van der Waals surface area contributed by atoms with Crippen LogP contribution in [-0.4, -0.2) is 221 Å². The van der Waals surface area contributed by atoms with E-state index in [0.717, 1.165) is 44.9 Å². The summed E-state index contributed by atoms with van der Waals surface area (Å²) in [4.78, 5) is 0. The van der Waals surface area contributed by atoms with E-state index in [1.165, 1.54) is 5.57 Å². The number of hydrogen-bond acceptors (Lipinski definition) is 21. The molecule has 3 unspecified atom stereocenters. The van der Waals surface area contributed by atoms with Crippen LogP contribution >= 0.6 is 0 Å². The van der Waals surface area contributed by atoms with Gasteiger partial charge in [0.2, 0.25) is 0 Å². The molecule has 8 rings (SSSR count). The van der Waals surface area contributed by atoms with Crippen LogP contribution in [0.1, 0.15) is 126 Å². The number of aliphatic hydroxyl groups excluding tert-OH is 12. The smallest absolute Gasteiger partial charge is 0.187 e. The third-order valence-corrected chi connectivity index (χ3v) is 20.4. The van der Waals surface area contributed by atoms with Gasteiger partial charge in [-0.3, -0.25) is 0 Å². The van der Waals surface area contributed by atoms with Crippen LogP contribution in [0.15, 0.2) is 11.6 Å². The Morgan fingerprint density at radius 3 is 1.95 bits per heavy atom. The number of allylic oxidation sites excluding steroid dienone is 1. The monoisotopic (exact) mass is 1080 g/mol. The van der Waals surface area contributed by atoms with Gasteiger partial charge in [-0.1, -0.05) is 53.2 Å². The average molecular weight is 1080 g/mol. The minimum Gasteiger partial charge on any atom is -0.394 e. The number of hydrogen-bond donors (Lipinski definition) is 13. The van der Waals surface area contributed by atoms with Gasteiger partial charge in [-0.25, -0.2) is 0 Å². The Labute approximate surface area is 441 Å². The minimum absolute atomic E-state index is 0.0105. The molecule has 4 saturated heterocycles. The summed E-state index contributed by atoms with van der Waals surface area (Å²) in [5.41, 5.74) is -0.475. The fourth-order valence-electron chi connectivity index (χ4n) is 15.5. The van der Waals surface area contributed by atoms with Crippen LogP contribution in [-0.2, 0) is 37.9 Å². The Bertz CT molecular complexity index is 1920. The Morgan fingerprint density at radius 2 is 1.28 bits per heavy atom. The molecule has 13 N–H and O–H groups in total. The maximum Gasteiger partial charge on any atom is 0.187 e. The zero-order valence-electron chi connectivity index (χ0n) is 45.1. The van der Waals surface area contributed by atoms with E-state index in [4.69, 9.17) is 37.9 Å². The summed E-state index contributed by atoms with van der Waals surface area (Å²) >= 11 is 0. The Balaban J connectivity index is 0.970. The zero-order valence-corrected chi connectivity index (χ0v) is 45.1. The Kier molecular flexibility index (Phi) is 18.4. The molecule has 4 heterocycles. The Hall–Kier alpha value is -1.10. The summed E-state index contributed by atoms with van der Waals surface area (Å²) < 4.78 is 48.4. The van der Waals surface area contributed by atoms with E-state index in [-0.39, 0.29) is 53.1 Å². The quantitative estimate of drug-likeness (QED) is 0.0843. The van der Waals surface area contributed by atoms with Gasteiger partial charge in [0.25, 0.3) is 0 Å². The summed E-state index contributed by atoms with van der Waals surface area (Å²) in [7, 11) is 0. The van der Waals surface area contributed by atoms with Crippen LogP contribution in [0.25, 0.3) is 0 Å². The molecular formula is C54H92O21. The molecule has 27 atom stereocenters. The van der Waals surface area contributed by atoms with E-state index in [1.807, 2.05) is 0 Å². The van der Waals surface area contributed by atoms with Gasteiger partial charge in [0.15, 0.2) is 25.2 Å². The first-order chi connectivity index (χ1) is 35.1. The highest BCUT2D eigenvalue weighted by molar-refractivity contribution is 5.30. The maximum atomic E-state index is 11.8. The SMILES string of the molecule is C[C@H](CC[C@@H](O[C@@H]1O[C@H](CO[C@H]2O[C@H](CO)[C@@H](O)C[C@H]2O)[C@@H](O)[C@H](O)[C@H]1O[C@@H]1O[C@H](CO)[C@@H](O)[C@H](O)[C@H]1O)C(C)(C)O)C1CC[C@@]2(C)C3CC=C4C(CC[C@H](O[C@@H]5O[C@H](CO)C[C@H](O)[C@H]5O)C4(C)C)[C@]3(C)CC[C@]12C. The fraction of sp³-hybridized carbons (Fsp3) is 0.963. The van der Waals surface area contributed by atoms with Crippen LogP contribution in [0.3, 0.4) is 0 Å². The summed E-state index contributed by atoms with van der Waals surface area (Å²) in [6, 6.07) is 0. The lowest BCUT2D eigenvalue weighted by Gasteiger charge is -2.66. The minimum atomic E-state index is -1.88. The molecule has 0 amide bonds. The number of aliphatic hydroxyl groups is 13. The van der Waals surface area contributed by atoms with Crippen molar-refractivity contribution in [2.75, 3.05) is 26.4 Å². The molecule has 0 spiro atoms. The number of rotatable bonds is 17. The molecule has 75 heavy (non-hydrogen) atoms. The van der Waals surface area contributed by atoms with Gasteiger partial charge in [0.05, 0.1) is 62.5 Å². The molecule has 21 heteroatoms. The van der Waals surface area contributed by atoms with Crippen molar-refractivity contribution in [1.82, 2.24) is 0 Å². The van der Waals surface area contributed by atoms with Crippen LogP contribution in [0.4, 0.5) is 0 Å². The molecule has 0 aromatic heterocycles. The summed E-state index contributed by atoms with van der Waals surface area (Å²) in [5, 5.41) is 139. The standard InChI is InChI=1S/C54H92O21/c1-25(27-15-16-54(8)36-12-10-28-29(52(36,6)17-18-53(27,54)7)11-14-37(50(28,2)3)73-47-39(61)31(59)19-26(21-55)69-47)9-13-38(51(4,5)67)74-49-45(75-48-44(66)42(64)40(62)34(23-57)71-48)43(65)41(63)35(72-49)24-68-46-32(60)20-30(58)33(22-56)70-46/h10,25-27,29-49,55-67H,9,11-24H2,1-8H3/t25-,26+,27?,29?,30+,31+,32-,33-,34-,35-,36?,37+,38-,39-,40-,41-,42+,43+,44-,45-,46+,47+,48+,49+,52+,53-,54+/m1/s1. The third-order valence-electron chi connectivity index (χ3n) is 20.4. The van der Waals surface area contributed by atoms with Crippen molar-refractivity contribution >= 4 is 0 Å². The van der Waals surface area contributed by atoms with E-state index >= 15 is 0 Å². The third kappa shape index (κ3) is 11.2. The van der Waals surface area contributed by atoms with Crippen molar-refractivity contribution in [3.63, 3.8) is 0 Å². The van der Waals surface area contributed by atoms with E-state index in [1.54, 1.807) is 13.8 Å². The van der Waals surface area contributed by atoms with Gasteiger partial charge in [0, 0.05) is 18.3 Å². The summed E-state index contributed by atoms with van der Waals surface area (Å²) in [6.45, 7) is 15.3. The lowest BCUT2D eigenvalue weighted by atomic mass is 9.39. The van der Waals surface area contributed by atoms with Crippen molar-refractivity contribution in [2.45, 2.75) is 254 Å². The van der Waals surface area contributed by atoms with Gasteiger partial charge in [-0.05, 0) is 112 Å². The normalized spacial score (nSPS) is 50.0. The molecule has 7 fully saturated rings. The van der Waals surface area contributed by atoms with E-state index in [2.05, 4.69) is 47.6 Å². The lowest BCUT2D eigenvalue weighted by Crippen LogP contribution is -2.65. The van der Waals surface area contributed by atoms with Gasteiger partial charge >= 0.3 is 0 Å². The number of fused-ring (bicyclic) bond motifs is 5. The molecule has 0 radical (unpaired) electrons. The predicted molar refractivity (Wildman–Crippen MR) is 263 cm³/mol. The summed E-state index contributed by atoms with van der Waals surface area (Å²) in [6.07, 6.45) is -16.6. The van der Waals surface area contributed by atoms with Crippen molar-refractivity contribution in [1.29, 1.82) is 0 Å². The van der Waals surface area contributed by atoms with Crippen molar-refractivity contribution in [3.05, 3.63) is 11.6 Å². The van der Waals surface area contributed by atoms with Crippen molar-refractivity contribution < 1.29 is 104 Å². The van der Waals surface area contributed by atoms with E-state index in [0.29, 0.717) is 30.6 Å². The largest absolute Gasteiger partial charge is 0.394 e. The van der Waals surface area contributed by atoms with Crippen LogP contribution in [0.5, 0.6) is 0 Å². The van der Waals surface area contributed by atoms with Crippen molar-refractivity contribution in [3.8, 4) is 0 Å². The first kappa shape index (κ1) is 60.0. The van der Waals surface area contributed by atoms with Gasteiger partial charge in [-0.2, -0.15) is 0 Å². The molecular weight excluding hydrogens is 985 g/mol. The molecule has 8 aliphatic rings. The highest BCUT2D eigenvalue weighted by Gasteiger charge is 2.68. The number of ether oxygens (including phenoxy) is 8. The molecule has 4 aliphatic heterocycles. The van der Waals surface area contributed by atoms with Gasteiger partial charge in [0.1, 0.15) is 67.1 Å². The molecule has 0 aromatic rings. The highest BCUT2D eigenvalue weighted by atomic mass is 16.8. The first-order valence-corrected chi connectivity index (χ1v) is 27.7. The summed E-state index contributed by atoms with van der Waals surface area (Å²) in [5.74, 6) is 1.25.